The molecular formula is C13H10BrN. The first-order valence-corrected chi connectivity index (χ1v) is 5.71. The number of benzene rings is 2. The van der Waals surface area contributed by atoms with E-state index in [-0.39, 0.29) is 0 Å². The molecule has 0 aromatic heterocycles. The minimum atomic E-state index is 0.903. The third-order valence-corrected chi connectivity index (χ3v) is 3.43. The largest absolute Gasteiger partial charge is 0.398 e. The fourth-order valence-corrected chi connectivity index (χ4v) is 2.56. The third-order valence-electron chi connectivity index (χ3n) is 2.94. The average molecular weight is 260 g/mol. The van der Waals surface area contributed by atoms with E-state index in [2.05, 4.69) is 40.2 Å². The molecule has 0 fully saturated rings. The van der Waals surface area contributed by atoms with Crippen molar-refractivity contribution < 1.29 is 0 Å². The normalized spacial score (nSPS) is 12.3. The quantitative estimate of drug-likeness (QED) is 0.614. The first kappa shape index (κ1) is 8.98. The third kappa shape index (κ3) is 1.29. The molecule has 74 valence electrons. The summed E-state index contributed by atoms with van der Waals surface area (Å²) in [6.07, 6.45) is 0.963. The number of hydrogen-bond donors (Lipinski definition) is 1. The summed E-state index contributed by atoms with van der Waals surface area (Å²) in [7, 11) is 0. The smallest absolute Gasteiger partial charge is 0.0356 e. The van der Waals surface area contributed by atoms with E-state index < -0.39 is 0 Å². The Morgan fingerprint density at radius 2 is 1.93 bits per heavy atom. The van der Waals surface area contributed by atoms with Crippen LogP contribution < -0.4 is 5.73 Å². The summed E-state index contributed by atoms with van der Waals surface area (Å²) >= 11 is 3.50. The van der Waals surface area contributed by atoms with Crippen LogP contribution in [0.2, 0.25) is 0 Å². The van der Waals surface area contributed by atoms with Crippen molar-refractivity contribution in [1.82, 2.24) is 0 Å². The van der Waals surface area contributed by atoms with Gasteiger partial charge in [-0.25, -0.2) is 0 Å². The van der Waals surface area contributed by atoms with Crippen LogP contribution in [0.5, 0.6) is 0 Å². The lowest BCUT2D eigenvalue weighted by Crippen LogP contribution is -1.91. The molecule has 0 radical (unpaired) electrons. The zero-order valence-corrected chi connectivity index (χ0v) is 9.71. The van der Waals surface area contributed by atoms with E-state index in [1.807, 2.05) is 12.1 Å². The van der Waals surface area contributed by atoms with Gasteiger partial charge in [-0.2, -0.15) is 0 Å². The van der Waals surface area contributed by atoms with Crippen molar-refractivity contribution in [2.45, 2.75) is 6.42 Å². The summed E-state index contributed by atoms with van der Waals surface area (Å²) < 4.78 is 1.12. The van der Waals surface area contributed by atoms with Gasteiger partial charge in [-0.15, -0.1) is 0 Å². The van der Waals surface area contributed by atoms with Crippen LogP contribution in [0.15, 0.2) is 40.9 Å². The molecule has 0 saturated heterocycles. The van der Waals surface area contributed by atoms with Gasteiger partial charge in [0.05, 0.1) is 0 Å². The van der Waals surface area contributed by atoms with Crippen LogP contribution in [0.1, 0.15) is 11.1 Å². The van der Waals surface area contributed by atoms with Crippen LogP contribution in [0.4, 0.5) is 5.69 Å². The van der Waals surface area contributed by atoms with E-state index in [0.717, 1.165) is 16.6 Å². The number of nitrogens with two attached hydrogens (primary N) is 1. The number of fused-ring (bicyclic) bond motifs is 3. The molecule has 2 N–H and O–H groups in total. The molecule has 1 nitrogen and oxygen atoms in total. The van der Waals surface area contributed by atoms with E-state index in [9.17, 15) is 0 Å². The number of nitrogen functional groups attached to an aromatic ring is 1. The Labute approximate surface area is 97.1 Å². The molecule has 0 amide bonds. The second-order valence-corrected chi connectivity index (χ2v) is 4.77. The van der Waals surface area contributed by atoms with Gasteiger partial charge in [-0.1, -0.05) is 34.1 Å². The van der Waals surface area contributed by atoms with Gasteiger partial charge in [0.25, 0.3) is 0 Å². The molecule has 3 rings (SSSR count). The lowest BCUT2D eigenvalue weighted by Gasteiger charge is -2.02. The zero-order chi connectivity index (χ0) is 10.4. The predicted molar refractivity (Wildman–Crippen MR) is 66.8 cm³/mol. The van der Waals surface area contributed by atoms with Crippen LogP contribution in [0, 0.1) is 0 Å². The van der Waals surface area contributed by atoms with Crippen LogP contribution in [0.3, 0.4) is 0 Å². The van der Waals surface area contributed by atoms with Crippen molar-refractivity contribution in [2.24, 2.45) is 0 Å². The summed E-state index contributed by atoms with van der Waals surface area (Å²) in [5.41, 5.74) is 12.1. The van der Waals surface area contributed by atoms with Crippen molar-refractivity contribution in [1.29, 1.82) is 0 Å². The Hall–Kier alpha value is -1.28. The zero-order valence-electron chi connectivity index (χ0n) is 8.13. The molecule has 2 aromatic carbocycles. The molecule has 0 saturated carbocycles. The summed E-state index contributed by atoms with van der Waals surface area (Å²) in [6.45, 7) is 0. The van der Waals surface area contributed by atoms with E-state index in [1.165, 1.54) is 22.3 Å². The van der Waals surface area contributed by atoms with Crippen molar-refractivity contribution in [3.63, 3.8) is 0 Å². The van der Waals surface area contributed by atoms with Crippen molar-refractivity contribution >= 4 is 21.6 Å². The van der Waals surface area contributed by atoms with Crippen LogP contribution in [0.25, 0.3) is 11.1 Å². The molecule has 2 aromatic rings. The summed E-state index contributed by atoms with van der Waals surface area (Å²) in [5, 5.41) is 0. The molecule has 1 aliphatic carbocycles. The topological polar surface area (TPSA) is 26.0 Å². The molecule has 0 spiro atoms. The van der Waals surface area contributed by atoms with Crippen LogP contribution in [-0.4, -0.2) is 0 Å². The monoisotopic (exact) mass is 259 g/mol. The Kier molecular flexibility index (Phi) is 1.86. The van der Waals surface area contributed by atoms with Crippen molar-refractivity contribution in [3.8, 4) is 11.1 Å². The van der Waals surface area contributed by atoms with Gasteiger partial charge in [0.15, 0.2) is 0 Å². The number of anilines is 1. The van der Waals surface area contributed by atoms with Crippen molar-refractivity contribution in [3.05, 3.63) is 52.0 Å². The molecule has 15 heavy (non-hydrogen) atoms. The molecule has 0 atom stereocenters. The number of halogens is 1. The molecule has 0 aliphatic heterocycles. The molecular weight excluding hydrogens is 250 g/mol. The van der Waals surface area contributed by atoms with Gasteiger partial charge in [0, 0.05) is 16.6 Å². The van der Waals surface area contributed by atoms with Gasteiger partial charge >= 0.3 is 0 Å². The van der Waals surface area contributed by atoms with E-state index in [1.54, 1.807) is 0 Å². The maximum absolute atomic E-state index is 5.98. The predicted octanol–water partition coefficient (Wildman–Crippen LogP) is 3.60. The summed E-state index contributed by atoms with van der Waals surface area (Å²) in [5.74, 6) is 0. The first-order chi connectivity index (χ1) is 7.25. The molecule has 0 unspecified atom stereocenters. The maximum atomic E-state index is 5.98. The molecule has 2 heteroatoms. The fourth-order valence-electron chi connectivity index (χ4n) is 2.20. The van der Waals surface area contributed by atoms with Gasteiger partial charge in [0.1, 0.15) is 0 Å². The van der Waals surface area contributed by atoms with Crippen LogP contribution >= 0.6 is 15.9 Å². The van der Waals surface area contributed by atoms with E-state index in [0.29, 0.717) is 0 Å². The standard InChI is InChI=1S/C13H10BrN/c14-9-5-4-8-6-12-10(11(8)7-9)2-1-3-13(12)15/h1-5,7H,6,15H2. The average Bonchev–Trinajstić information content (AvgIpc) is 2.58. The second-order valence-electron chi connectivity index (χ2n) is 3.85. The lowest BCUT2D eigenvalue weighted by atomic mass is 10.1. The minimum absolute atomic E-state index is 0.903. The minimum Gasteiger partial charge on any atom is -0.398 e. The highest BCUT2D eigenvalue weighted by atomic mass is 79.9. The Morgan fingerprint density at radius 3 is 2.80 bits per heavy atom. The Balaban J connectivity index is 2.31. The van der Waals surface area contributed by atoms with Gasteiger partial charge in [-0.3, -0.25) is 0 Å². The van der Waals surface area contributed by atoms with Crippen molar-refractivity contribution in [2.75, 3.05) is 5.73 Å². The Bertz CT molecular complexity index is 546. The molecule has 0 bridgehead atoms. The second kappa shape index (κ2) is 3.11. The summed E-state index contributed by atoms with van der Waals surface area (Å²) in [4.78, 5) is 0. The molecule has 0 heterocycles. The highest BCUT2D eigenvalue weighted by Gasteiger charge is 2.19. The lowest BCUT2D eigenvalue weighted by molar-refractivity contribution is 1.26. The van der Waals surface area contributed by atoms with E-state index in [4.69, 9.17) is 5.73 Å². The summed E-state index contributed by atoms with van der Waals surface area (Å²) in [6, 6.07) is 12.5. The maximum Gasteiger partial charge on any atom is 0.0356 e. The Morgan fingerprint density at radius 1 is 1.07 bits per heavy atom. The van der Waals surface area contributed by atoms with E-state index >= 15 is 0 Å². The number of hydrogen-bond acceptors (Lipinski definition) is 1. The van der Waals surface area contributed by atoms with Gasteiger partial charge in [0.2, 0.25) is 0 Å². The van der Waals surface area contributed by atoms with Gasteiger partial charge in [-0.05, 0) is 40.5 Å². The van der Waals surface area contributed by atoms with Crippen LogP contribution in [-0.2, 0) is 6.42 Å². The molecule has 1 aliphatic rings. The fraction of sp³-hybridized carbons (Fsp3) is 0.0769. The first-order valence-electron chi connectivity index (χ1n) is 4.92. The number of rotatable bonds is 0. The highest BCUT2D eigenvalue weighted by Crippen LogP contribution is 2.40. The highest BCUT2D eigenvalue weighted by molar-refractivity contribution is 9.10. The SMILES string of the molecule is Nc1cccc2c1Cc1ccc(Br)cc1-2. The van der Waals surface area contributed by atoms with Gasteiger partial charge < -0.3 is 5.73 Å².